The van der Waals surface area contributed by atoms with E-state index in [1.165, 1.54) is 11.6 Å². The summed E-state index contributed by atoms with van der Waals surface area (Å²) in [6.07, 6.45) is 2.93. The zero-order valence-electron chi connectivity index (χ0n) is 11.5. The summed E-state index contributed by atoms with van der Waals surface area (Å²) >= 11 is 3.44. The van der Waals surface area contributed by atoms with Gasteiger partial charge in [0.1, 0.15) is 0 Å². The smallest absolute Gasteiger partial charge is 0.250 e. The van der Waals surface area contributed by atoms with Gasteiger partial charge in [-0.05, 0) is 30.2 Å². The van der Waals surface area contributed by atoms with Crippen molar-refractivity contribution in [1.82, 2.24) is 4.57 Å². The lowest BCUT2D eigenvalue weighted by atomic mass is 10.2. The Labute approximate surface area is 131 Å². The number of carbonyl (C=O) groups excluding carboxylic acids is 1. The number of hydrogen-bond acceptors (Lipinski definition) is 2. The molecule has 0 atom stereocenters. The van der Waals surface area contributed by atoms with E-state index in [9.17, 15) is 9.59 Å². The fourth-order valence-electron chi connectivity index (χ4n) is 2.61. The molecular formula is C16H15BrN2O2. The number of halogens is 1. The Bertz CT molecular complexity index is 739. The van der Waals surface area contributed by atoms with Crippen molar-refractivity contribution in [3.8, 4) is 0 Å². The van der Waals surface area contributed by atoms with E-state index in [-0.39, 0.29) is 11.5 Å². The van der Waals surface area contributed by atoms with Crippen molar-refractivity contribution in [3.05, 3.63) is 63.0 Å². The second-order valence-electron chi connectivity index (χ2n) is 5.05. The highest BCUT2D eigenvalue weighted by Gasteiger charge is 2.24. The van der Waals surface area contributed by atoms with E-state index < -0.39 is 0 Å². The van der Waals surface area contributed by atoms with Crippen molar-refractivity contribution >= 4 is 27.5 Å². The van der Waals surface area contributed by atoms with Gasteiger partial charge in [0, 0.05) is 41.9 Å². The molecule has 108 valence electrons. The average Bonchev–Trinajstić information content (AvgIpc) is 2.89. The van der Waals surface area contributed by atoms with E-state index in [4.69, 9.17) is 0 Å². The van der Waals surface area contributed by atoms with Gasteiger partial charge in [-0.3, -0.25) is 9.59 Å². The number of pyridine rings is 1. The molecule has 0 fully saturated rings. The largest absolute Gasteiger partial charge is 0.315 e. The van der Waals surface area contributed by atoms with Crippen LogP contribution in [0.25, 0.3) is 0 Å². The van der Waals surface area contributed by atoms with E-state index in [0.717, 1.165) is 16.6 Å². The SMILES string of the molecule is O=C(CCn1ccccc1=O)N1CCc2ccc(Br)cc21. The van der Waals surface area contributed by atoms with Crippen molar-refractivity contribution in [3.63, 3.8) is 0 Å². The molecule has 0 saturated carbocycles. The van der Waals surface area contributed by atoms with Gasteiger partial charge in [0.05, 0.1) is 0 Å². The highest BCUT2D eigenvalue weighted by molar-refractivity contribution is 9.10. The fraction of sp³-hybridized carbons (Fsp3) is 0.250. The van der Waals surface area contributed by atoms with E-state index in [2.05, 4.69) is 15.9 Å². The molecule has 4 nitrogen and oxygen atoms in total. The van der Waals surface area contributed by atoms with Crippen LogP contribution in [0.4, 0.5) is 5.69 Å². The maximum atomic E-state index is 12.4. The van der Waals surface area contributed by atoms with Gasteiger partial charge in [-0.1, -0.05) is 28.1 Å². The summed E-state index contributed by atoms with van der Waals surface area (Å²) in [6.45, 7) is 1.13. The van der Waals surface area contributed by atoms with Gasteiger partial charge in [0.2, 0.25) is 5.91 Å². The van der Waals surface area contributed by atoms with Gasteiger partial charge in [-0.25, -0.2) is 0 Å². The molecule has 5 heteroatoms. The van der Waals surface area contributed by atoms with Crippen molar-refractivity contribution in [2.24, 2.45) is 0 Å². The Hall–Kier alpha value is -1.88. The number of anilines is 1. The maximum Gasteiger partial charge on any atom is 0.250 e. The zero-order chi connectivity index (χ0) is 14.8. The number of nitrogens with zero attached hydrogens (tertiary/aromatic N) is 2. The second-order valence-corrected chi connectivity index (χ2v) is 5.97. The maximum absolute atomic E-state index is 12.4. The number of amides is 1. The Kier molecular flexibility index (Phi) is 3.92. The lowest BCUT2D eigenvalue weighted by Crippen LogP contribution is -2.31. The Morgan fingerprint density at radius 1 is 1.24 bits per heavy atom. The van der Waals surface area contributed by atoms with Gasteiger partial charge in [-0.15, -0.1) is 0 Å². The summed E-state index contributed by atoms with van der Waals surface area (Å²) in [5.74, 6) is 0.0580. The number of benzene rings is 1. The summed E-state index contributed by atoms with van der Waals surface area (Å²) in [5, 5.41) is 0. The number of hydrogen-bond donors (Lipinski definition) is 0. The summed E-state index contributed by atoms with van der Waals surface area (Å²) in [6, 6.07) is 11.0. The number of fused-ring (bicyclic) bond motifs is 1. The van der Waals surface area contributed by atoms with Gasteiger partial charge in [-0.2, -0.15) is 0 Å². The molecule has 0 saturated heterocycles. The van der Waals surface area contributed by atoms with E-state index in [1.54, 1.807) is 22.9 Å². The predicted octanol–water partition coefficient (Wildman–Crippen LogP) is 2.59. The molecule has 1 aliphatic heterocycles. The van der Waals surface area contributed by atoms with Crippen LogP contribution in [0.2, 0.25) is 0 Å². The van der Waals surface area contributed by atoms with Crippen molar-refractivity contribution in [2.45, 2.75) is 19.4 Å². The highest BCUT2D eigenvalue weighted by Crippen LogP contribution is 2.31. The molecule has 0 radical (unpaired) electrons. The Balaban J connectivity index is 1.72. The third-order valence-electron chi connectivity index (χ3n) is 3.71. The fourth-order valence-corrected chi connectivity index (χ4v) is 2.96. The predicted molar refractivity (Wildman–Crippen MR) is 85.5 cm³/mol. The van der Waals surface area contributed by atoms with Crippen molar-refractivity contribution in [1.29, 1.82) is 0 Å². The molecule has 3 rings (SSSR count). The first-order valence-electron chi connectivity index (χ1n) is 6.89. The van der Waals surface area contributed by atoms with Crippen LogP contribution in [-0.2, 0) is 17.8 Å². The standard InChI is InChI=1S/C16H15BrN2O2/c17-13-5-4-12-6-10-19(14(12)11-13)16(21)7-9-18-8-2-1-3-15(18)20/h1-5,8,11H,6-7,9-10H2. The molecular weight excluding hydrogens is 332 g/mol. The summed E-state index contributed by atoms with van der Waals surface area (Å²) in [4.78, 5) is 25.8. The molecule has 0 spiro atoms. The monoisotopic (exact) mass is 346 g/mol. The van der Waals surface area contributed by atoms with Crippen LogP contribution in [0, 0.1) is 0 Å². The number of aryl methyl sites for hydroxylation is 1. The molecule has 21 heavy (non-hydrogen) atoms. The van der Waals surface area contributed by atoms with Gasteiger partial charge in [0.15, 0.2) is 0 Å². The highest BCUT2D eigenvalue weighted by atomic mass is 79.9. The van der Waals surface area contributed by atoms with Crippen LogP contribution in [0.15, 0.2) is 51.9 Å². The third-order valence-corrected chi connectivity index (χ3v) is 4.20. The molecule has 0 aliphatic carbocycles. The summed E-state index contributed by atoms with van der Waals surface area (Å²) in [7, 11) is 0. The first-order valence-corrected chi connectivity index (χ1v) is 7.69. The average molecular weight is 347 g/mol. The summed E-state index contributed by atoms with van der Waals surface area (Å²) in [5.41, 5.74) is 2.10. The molecule has 1 amide bonds. The molecule has 1 aromatic heterocycles. The lowest BCUT2D eigenvalue weighted by Gasteiger charge is -2.18. The zero-order valence-corrected chi connectivity index (χ0v) is 13.0. The molecule has 1 aliphatic rings. The summed E-state index contributed by atoms with van der Waals surface area (Å²) < 4.78 is 2.54. The lowest BCUT2D eigenvalue weighted by molar-refractivity contribution is -0.118. The van der Waals surface area contributed by atoms with E-state index in [0.29, 0.717) is 19.5 Å². The minimum Gasteiger partial charge on any atom is -0.315 e. The van der Waals surface area contributed by atoms with Gasteiger partial charge < -0.3 is 9.47 Å². The molecule has 0 N–H and O–H groups in total. The Morgan fingerprint density at radius 2 is 2.10 bits per heavy atom. The first kappa shape index (κ1) is 14.1. The van der Waals surface area contributed by atoms with Crippen LogP contribution in [0.1, 0.15) is 12.0 Å². The van der Waals surface area contributed by atoms with Crippen LogP contribution in [0.5, 0.6) is 0 Å². The minimum absolute atomic E-state index is 0.0580. The molecule has 1 aromatic carbocycles. The van der Waals surface area contributed by atoms with Crippen LogP contribution >= 0.6 is 15.9 Å². The third kappa shape index (κ3) is 2.93. The molecule has 0 unspecified atom stereocenters. The van der Waals surface area contributed by atoms with Gasteiger partial charge in [0.25, 0.3) is 5.56 Å². The van der Waals surface area contributed by atoms with Crippen molar-refractivity contribution < 1.29 is 4.79 Å². The normalized spacial score (nSPS) is 13.3. The van der Waals surface area contributed by atoms with E-state index >= 15 is 0 Å². The Morgan fingerprint density at radius 3 is 2.90 bits per heavy atom. The molecule has 2 heterocycles. The minimum atomic E-state index is -0.0742. The number of rotatable bonds is 3. The second kappa shape index (κ2) is 5.85. The van der Waals surface area contributed by atoms with Crippen LogP contribution < -0.4 is 10.5 Å². The van der Waals surface area contributed by atoms with Crippen molar-refractivity contribution in [2.75, 3.05) is 11.4 Å². The quantitative estimate of drug-likeness (QED) is 0.857. The topological polar surface area (TPSA) is 42.3 Å². The van der Waals surface area contributed by atoms with Crippen LogP contribution in [0.3, 0.4) is 0 Å². The number of aromatic nitrogens is 1. The number of carbonyl (C=O) groups is 1. The first-order chi connectivity index (χ1) is 10.1. The van der Waals surface area contributed by atoms with E-state index in [1.807, 2.05) is 23.1 Å². The van der Waals surface area contributed by atoms with Crippen LogP contribution in [-0.4, -0.2) is 17.0 Å². The molecule has 2 aromatic rings. The van der Waals surface area contributed by atoms with Gasteiger partial charge >= 0.3 is 0 Å². The molecule has 0 bridgehead atoms.